The number of benzene rings is 2. The van der Waals surface area contributed by atoms with Crippen LogP contribution >= 0.6 is 11.3 Å². The maximum Gasteiger partial charge on any atom is 0.341 e. The molecule has 2 N–H and O–H groups in total. The summed E-state index contributed by atoms with van der Waals surface area (Å²) in [6.07, 6.45) is 1.47. The number of fused-ring (bicyclic) bond motifs is 1. The summed E-state index contributed by atoms with van der Waals surface area (Å²) in [5, 5.41) is 2.67. The van der Waals surface area contributed by atoms with Crippen LogP contribution in [-0.4, -0.2) is 17.6 Å². The second-order valence-corrected chi connectivity index (χ2v) is 8.67. The molecule has 7 heteroatoms. The third kappa shape index (κ3) is 5.26. The first-order valence-electron chi connectivity index (χ1n) is 10.7. The zero-order valence-electron chi connectivity index (χ0n) is 18.9. The molecule has 0 saturated heterocycles. The van der Waals surface area contributed by atoms with E-state index < -0.39 is 5.97 Å². The molecule has 0 atom stereocenters. The van der Waals surface area contributed by atoms with Gasteiger partial charge in [0.2, 0.25) is 0 Å². The number of esters is 1. The van der Waals surface area contributed by atoms with Crippen molar-refractivity contribution in [1.82, 2.24) is 4.98 Å². The van der Waals surface area contributed by atoms with Gasteiger partial charge in [-0.05, 0) is 49.4 Å². The van der Waals surface area contributed by atoms with Gasteiger partial charge < -0.3 is 19.9 Å². The van der Waals surface area contributed by atoms with Gasteiger partial charge in [-0.2, -0.15) is 0 Å². The number of nitrogens with two attached hydrogens (primary N) is 1. The minimum atomic E-state index is -0.404. The van der Waals surface area contributed by atoms with Gasteiger partial charge in [0, 0.05) is 23.2 Å². The first-order chi connectivity index (χ1) is 15.9. The van der Waals surface area contributed by atoms with Gasteiger partial charge in [-0.25, -0.2) is 9.78 Å². The number of aryl methyl sites for hydroxylation is 2. The van der Waals surface area contributed by atoms with E-state index in [0.717, 1.165) is 32.5 Å². The van der Waals surface area contributed by atoms with E-state index in [1.165, 1.54) is 23.1 Å². The Morgan fingerprint density at radius 2 is 1.70 bits per heavy atom. The average Bonchev–Trinajstić information content (AvgIpc) is 3.22. The zero-order chi connectivity index (χ0) is 23.4. The molecule has 0 unspecified atom stereocenters. The van der Waals surface area contributed by atoms with E-state index >= 15 is 0 Å². The molecule has 0 aliphatic heterocycles. The largest absolute Gasteiger partial charge is 0.489 e. The van der Waals surface area contributed by atoms with Crippen molar-refractivity contribution in [3.8, 4) is 11.5 Å². The molecule has 0 aliphatic carbocycles. The van der Waals surface area contributed by atoms with Gasteiger partial charge in [0.05, 0.1) is 16.9 Å². The summed E-state index contributed by atoms with van der Waals surface area (Å²) in [5.41, 5.74) is 10.8. The Morgan fingerprint density at radius 1 is 1.00 bits per heavy atom. The first kappa shape index (κ1) is 22.6. The molecule has 6 nitrogen and oxygen atoms in total. The van der Waals surface area contributed by atoms with Crippen molar-refractivity contribution in [2.45, 2.75) is 34.0 Å². The van der Waals surface area contributed by atoms with Gasteiger partial charge in [0.25, 0.3) is 0 Å². The molecule has 0 fully saturated rings. The van der Waals surface area contributed by atoms with Crippen LogP contribution in [0.4, 0.5) is 5.82 Å². The molecular weight excluding hydrogens is 436 g/mol. The Bertz CT molecular complexity index is 1280. The topological polar surface area (TPSA) is 83.7 Å². The number of carbonyl (C=O) groups excluding carboxylic acids is 1. The van der Waals surface area contributed by atoms with Gasteiger partial charge in [-0.3, -0.25) is 0 Å². The van der Waals surface area contributed by atoms with Crippen LogP contribution in [-0.2, 0) is 18.0 Å². The third-order valence-electron chi connectivity index (χ3n) is 5.14. The summed E-state index contributed by atoms with van der Waals surface area (Å²) in [4.78, 5) is 16.5. The van der Waals surface area contributed by atoms with E-state index in [-0.39, 0.29) is 0 Å². The zero-order valence-corrected chi connectivity index (χ0v) is 19.7. The molecule has 0 spiro atoms. The lowest BCUT2D eigenvalue weighted by molar-refractivity contribution is 0.0528. The summed E-state index contributed by atoms with van der Waals surface area (Å²) in [7, 11) is 0. The highest BCUT2D eigenvalue weighted by atomic mass is 32.1. The molecule has 0 amide bonds. The highest BCUT2D eigenvalue weighted by Gasteiger charge is 2.18. The number of aromatic nitrogens is 1. The predicted molar refractivity (Wildman–Crippen MR) is 131 cm³/mol. The number of rotatable bonds is 8. The lowest BCUT2D eigenvalue weighted by Gasteiger charge is -2.12. The Kier molecular flexibility index (Phi) is 6.79. The van der Waals surface area contributed by atoms with Crippen LogP contribution in [0.2, 0.25) is 0 Å². The van der Waals surface area contributed by atoms with Crippen molar-refractivity contribution in [3.63, 3.8) is 0 Å². The van der Waals surface area contributed by atoms with E-state index in [1.54, 1.807) is 6.92 Å². The van der Waals surface area contributed by atoms with Gasteiger partial charge in [0.15, 0.2) is 0 Å². The first-order valence-corrected chi connectivity index (χ1v) is 11.6. The van der Waals surface area contributed by atoms with E-state index in [4.69, 9.17) is 19.9 Å². The van der Waals surface area contributed by atoms with Crippen molar-refractivity contribution in [1.29, 1.82) is 0 Å². The van der Waals surface area contributed by atoms with E-state index in [9.17, 15) is 4.79 Å². The van der Waals surface area contributed by atoms with E-state index in [0.29, 0.717) is 37.0 Å². The van der Waals surface area contributed by atoms with Crippen molar-refractivity contribution in [3.05, 3.63) is 81.9 Å². The predicted octanol–water partition coefficient (Wildman–Crippen LogP) is 5.83. The van der Waals surface area contributed by atoms with Crippen LogP contribution < -0.4 is 15.2 Å². The van der Waals surface area contributed by atoms with Crippen LogP contribution in [0.15, 0.2) is 54.0 Å². The monoisotopic (exact) mass is 462 g/mol. The smallest absolute Gasteiger partial charge is 0.341 e. The summed E-state index contributed by atoms with van der Waals surface area (Å²) < 4.78 is 18.0. The standard InChI is InChI=1S/C26H26N2O4S/c1-4-30-26(29)22-12-28-25(27)23-19(15-33-24(22)23)14-32-21-10-17(3)9-20(11-21)31-13-18-7-5-16(2)6-8-18/h5-12,15H,4,13-14H2,1-3H3,(H2,27,28). The number of thiophene rings is 1. The minimum absolute atomic E-state index is 0.291. The molecule has 0 radical (unpaired) electrons. The number of nitrogens with zero attached hydrogens (tertiary/aromatic N) is 1. The fourth-order valence-electron chi connectivity index (χ4n) is 3.48. The Hall–Kier alpha value is -3.58. The van der Waals surface area contributed by atoms with E-state index in [2.05, 4.69) is 36.2 Å². The number of carbonyl (C=O) groups is 1. The van der Waals surface area contributed by atoms with Crippen LogP contribution in [0, 0.1) is 13.8 Å². The highest BCUT2D eigenvalue weighted by Crippen LogP contribution is 2.34. The van der Waals surface area contributed by atoms with Gasteiger partial charge in [-0.15, -0.1) is 11.3 Å². The van der Waals surface area contributed by atoms with Gasteiger partial charge in [0.1, 0.15) is 30.5 Å². The van der Waals surface area contributed by atoms with Crippen molar-refractivity contribution >= 4 is 33.2 Å². The lowest BCUT2D eigenvalue weighted by atomic mass is 10.1. The number of ether oxygens (including phenoxy) is 3. The minimum Gasteiger partial charge on any atom is -0.489 e. The van der Waals surface area contributed by atoms with Crippen LogP contribution in [0.3, 0.4) is 0 Å². The molecule has 0 bridgehead atoms. The normalized spacial score (nSPS) is 10.9. The molecule has 170 valence electrons. The van der Waals surface area contributed by atoms with Crippen LogP contribution in [0.25, 0.3) is 10.1 Å². The van der Waals surface area contributed by atoms with Gasteiger partial charge in [-0.1, -0.05) is 29.8 Å². The molecule has 33 heavy (non-hydrogen) atoms. The summed E-state index contributed by atoms with van der Waals surface area (Å²) >= 11 is 1.43. The molecule has 2 heterocycles. The molecular formula is C26H26N2O4S. The second-order valence-electron chi connectivity index (χ2n) is 7.79. The summed E-state index contributed by atoms with van der Waals surface area (Å²) in [6.45, 7) is 6.91. The number of pyridine rings is 1. The van der Waals surface area contributed by atoms with Gasteiger partial charge >= 0.3 is 5.97 Å². The number of hydrogen-bond donors (Lipinski definition) is 1. The SMILES string of the molecule is CCOC(=O)c1cnc(N)c2c(COc3cc(C)cc(OCc4ccc(C)cc4)c3)csc12. The molecule has 4 rings (SSSR count). The third-order valence-corrected chi connectivity index (χ3v) is 6.20. The fourth-order valence-corrected chi connectivity index (χ4v) is 4.55. The van der Waals surface area contributed by atoms with E-state index in [1.807, 2.05) is 30.5 Å². The second kappa shape index (κ2) is 9.92. The molecule has 4 aromatic rings. The number of nitrogen functional groups attached to an aromatic ring is 1. The summed E-state index contributed by atoms with van der Waals surface area (Å²) in [6, 6.07) is 14.1. The van der Waals surface area contributed by atoms with Crippen LogP contribution in [0.1, 0.15) is 39.5 Å². The Labute approximate surface area is 196 Å². The van der Waals surface area contributed by atoms with Crippen molar-refractivity contribution in [2.24, 2.45) is 0 Å². The highest BCUT2D eigenvalue weighted by molar-refractivity contribution is 7.17. The Balaban J connectivity index is 1.50. The maximum absolute atomic E-state index is 12.3. The molecule has 2 aromatic carbocycles. The fraction of sp³-hybridized carbons (Fsp3) is 0.231. The van der Waals surface area contributed by atoms with Crippen LogP contribution in [0.5, 0.6) is 11.5 Å². The average molecular weight is 463 g/mol. The molecule has 0 aliphatic rings. The van der Waals surface area contributed by atoms with Crippen molar-refractivity contribution < 1.29 is 19.0 Å². The maximum atomic E-state index is 12.3. The molecule has 0 saturated carbocycles. The lowest BCUT2D eigenvalue weighted by Crippen LogP contribution is -2.06. The molecule has 2 aromatic heterocycles. The Morgan fingerprint density at radius 3 is 2.39 bits per heavy atom. The number of hydrogen-bond acceptors (Lipinski definition) is 7. The number of anilines is 1. The van der Waals surface area contributed by atoms with Crippen molar-refractivity contribution in [2.75, 3.05) is 12.3 Å². The summed E-state index contributed by atoms with van der Waals surface area (Å²) in [5.74, 6) is 1.40. The quantitative estimate of drug-likeness (QED) is 0.332.